The zero-order chi connectivity index (χ0) is 14.0. The molecule has 0 bridgehead atoms. The minimum Gasteiger partial charge on any atom is -0.545 e. The summed E-state index contributed by atoms with van der Waals surface area (Å²) in [5, 5.41) is 14.1. The minimum absolute atomic E-state index is 0.0573. The van der Waals surface area contributed by atoms with Crippen LogP contribution in [-0.2, 0) is 0 Å². The summed E-state index contributed by atoms with van der Waals surface area (Å²) in [6, 6.07) is 7.13. The van der Waals surface area contributed by atoms with Crippen molar-refractivity contribution in [2.24, 2.45) is 0 Å². The van der Waals surface area contributed by atoms with E-state index in [4.69, 9.17) is 0 Å². The van der Waals surface area contributed by atoms with Gasteiger partial charge in [-0.2, -0.15) is 0 Å². The first kappa shape index (κ1) is 13.1. The average molecular weight is 255 g/mol. The molecule has 19 heavy (non-hydrogen) atoms. The molecule has 0 atom stereocenters. The molecule has 1 aromatic heterocycles. The highest BCUT2D eigenvalue weighted by Crippen LogP contribution is 2.26. The van der Waals surface area contributed by atoms with E-state index in [-0.39, 0.29) is 5.56 Å². The first-order valence-corrected chi connectivity index (χ1v) is 6.00. The Bertz CT molecular complexity index is 613. The van der Waals surface area contributed by atoms with E-state index in [1.807, 2.05) is 32.9 Å². The van der Waals surface area contributed by atoms with E-state index in [1.165, 1.54) is 11.6 Å². The molecular weight excluding hydrogens is 240 g/mol. The third-order valence-corrected chi connectivity index (χ3v) is 2.95. The highest BCUT2D eigenvalue weighted by atomic mass is 16.4. The maximum atomic E-state index is 11.0. The number of rotatable bonds is 3. The van der Waals surface area contributed by atoms with Crippen LogP contribution < -0.4 is 10.4 Å². The lowest BCUT2D eigenvalue weighted by Crippen LogP contribution is -2.23. The largest absolute Gasteiger partial charge is 0.545 e. The van der Waals surface area contributed by atoms with Crippen molar-refractivity contribution in [1.82, 2.24) is 4.98 Å². The van der Waals surface area contributed by atoms with Crippen molar-refractivity contribution >= 4 is 17.5 Å². The zero-order valence-corrected chi connectivity index (χ0v) is 11.2. The second kappa shape index (κ2) is 5.10. The number of hydrogen-bond acceptors (Lipinski definition) is 4. The van der Waals surface area contributed by atoms with Gasteiger partial charge in [-0.15, -0.1) is 0 Å². The number of aromatic nitrogens is 1. The number of benzene rings is 1. The molecule has 4 heteroatoms. The van der Waals surface area contributed by atoms with Crippen molar-refractivity contribution in [3.63, 3.8) is 0 Å². The van der Waals surface area contributed by atoms with Gasteiger partial charge in [-0.25, -0.2) is 4.98 Å². The Balaban J connectivity index is 2.45. The molecule has 0 fully saturated rings. The van der Waals surface area contributed by atoms with E-state index in [1.54, 1.807) is 12.3 Å². The smallest absolute Gasteiger partial charge is 0.139 e. The Hall–Kier alpha value is -2.36. The Labute approximate surface area is 112 Å². The van der Waals surface area contributed by atoms with Gasteiger partial charge in [0.2, 0.25) is 0 Å². The number of aromatic carboxylic acids is 1. The van der Waals surface area contributed by atoms with Crippen molar-refractivity contribution in [1.29, 1.82) is 0 Å². The summed E-state index contributed by atoms with van der Waals surface area (Å²) in [5.41, 5.74) is 4.20. The molecule has 2 aromatic rings. The molecule has 1 heterocycles. The fourth-order valence-corrected chi connectivity index (χ4v) is 2.17. The molecule has 0 saturated heterocycles. The average Bonchev–Trinajstić information content (AvgIpc) is 2.34. The molecule has 1 N–H and O–H groups in total. The summed E-state index contributed by atoms with van der Waals surface area (Å²) in [5.74, 6) is -0.935. The van der Waals surface area contributed by atoms with Crippen LogP contribution in [0.1, 0.15) is 27.0 Å². The van der Waals surface area contributed by atoms with Crippen molar-refractivity contribution < 1.29 is 9.90 Å². The molecule has 98 valence electrons. The second-order valence-electron chi connectivity index (χ2n) is 4.59. The van der Waals surface area contributed by atoms with E-state index in [9.17, 15) is 9.90 Å². The summed E-state index contributed by atoms with van der Waals surface area (Å²) in [6.07, 6.45) is 1.55. The quantitative estimate of drug-likeness (QED) is 0.912. The predicted molar refractivity (Wildman–Crippen MR) is 72.5 cm³/mol. The minimum atomic E-state index is -1.24. The van der Waals surface area contributed by atoms with E-state index in [0.717, 1.165) is 16.8 Å². The fourth-order valence-electron chi connectivity index (χ4n) is 2.17. The molecule has 0 aliphatic carbocycles. The summed E-state index contributed by atoms with van der Waals surface area (Å²) in [6.45, 7) is 5.98. The monoisotopic (exact) mass is 255 g/mol. The van der Waals surface area contributed by atoms with Crippen LogP contribution in [0.25, 0.3) is 0 Å². The Kier molecular flexibility index (Phi) is 3.51. The van der Waals surface area contributed by atoms with Crippen LogP contribution in [0, 0.1) is 20.8 Å². The number of nitrogens with zero attached hydrogens (tertiary/aromatic N) is 1. The number of carboxylic acid groups (broad SMARTS) is 1. The highest BCUT2D eigenvalue weighted by molar-refractivity contribution is 5.92. The predicted octanol–water partition coefficient (Wildman–Crippen LogP) is 2.11. The van der Waals surface area contributed by atoms with E-state index in [2.05, 4.69) is 10.3 Å². The highest BCUT2D eigenvalue weighted by Gasteiger charge is 2.08. The molecule has 4 nitrogen and oxygen atoms in total. The number of hydrogen-bond donors (Lipinski definition) is 1. The number of carboxylic acids is 1. The lowest BCUT2D eigenvalue weighted by atomic mass is 10.0. The third-order valence-electron chi connectivity index (χ3n) is 2.95. The van der Waals surface area contributed by atoms with Crippen LogP contribution in [-0.4, -0.2) is 11.0 Å². The maximum absolute atomic E-state index is 11.0. The molecule has 0 saturated carbocycles. The third kappa shape index (κ3) is 2.73. The van der Waals surface area contributed by atoms with Crippen molar-refractivity contribution in [2.75, 3.05) is 5.32 Å². The van der Waals surface area contributed by atoms with Crippen LogP contribution in [0.3, 0.4) is 0 Å². The molecule has 0 spiro atoms. The van der Waals surface area contributed by atoms with Gasteiger partial charge in [-0.3, -0.25) is 0 Å². The normalized spacial score (nSPS) is 10.3. The van der Waals surface area contributed by atoms with Gasteiger partial charge >= 0.3 is 0 Å². The second-order valence-corrected chi connectivity index (χ2v) is 4.59. The van der Waals surface area contributed by atoms with Gasteiger partial charge in [-0.05, 0) is 44.0 Å². The summed E-state index contributed by atoms with van der Waals surface area (Å²) in [7, 11) is 0. The number of aryl methyl sites for hydroxylation is 3. The summed E-state index contributed by atoms with van der Waals surface area (Å²) < 4.78 is 0. The van der Waals surface area contributed by atoms with E-state index in [0.29, 0.717) is 5.82 Å². The molecule has 0 aliphatic rings. The molecule has 0 amide bonds. The first-order valence-electron chi connectivity index (χ1n) is 6.00. The van der Waals surface area contributed by atoms with Crippen LogP contribution in [0.15, 0.2) is 30.5 Å². The lowest BCUT2D eigenvalue weighted by molar-refractivity contribution is -0.254. The number of nitrogens with one attached hydrogen (secondary N) is 1. The first-order chi connectivity index (χ1) is 8.99. The van der Waals surface area contributed by atoms with Gasteiger partial charge in [0.1, 0.15) is 5.82 Å². The zero-order valence-electron chi connectivity index (χ0n) is 11.2. The van der Waals surface area contributed by atoms with E-state index >= 15 is 0 Å². The molecule has 2 rings (SSSR count). The maximum Gasteiger partial charge on any atom is 0.139 e. The van der Waals surface area contributed by atoms with Gasteiger partial charge in [0.05, 0.1) is 5.97 Å². The Morgan fingerprint density at radius 1 is 1.21 bits per heavy atom. The SMILES string of the molecule is Cc1cc(C)c(Nc2ncccc2C(=O)[O-])c(C)c1. The van der Waals surface area contributed by atoms with Crippen LogP contribution in [0.4, 0.5) is 11.5 Å². The summed E-state index contributed by atoms with van der Waals surface area (Å²) >= 11 is 0. The Morgan fingerprint density at radius 3 is 2.42 bits per heavy atom. The van der Waals surface area contributed by atoms with Crippen LogP contribution >= 0.6 is 0 Å². The summed E-state index contributed by atoms with van der Waals surface area (Å²) in [4.78, 5) is 15.1. The molecule has 1 aromatic carbocycles. The van der Waals surface area contributed by atoms with Crippen LogP contribution in [0.2, 0.25) is 0 Å². The van der Waals surface area contributed by atoms with Crippen LogP contribution in [0.5, 0.6) is 0 Å². The standard InChI is InChI=1S/C15H16N2O2/c1-9-7-10(2)13(11(3)8-9)17-14-12(15(18)19)5-4-6-16-14/h4-8H,1-3H3,(H,16,17)(H,18,19)/p-1. The number of carbonyl (C=O) groups is 1. The Morgan fingerprint density at radius 2 is 1.84 bits per heavy atom. The van der Waals surface area contributed by atoms with E-state index < -0.39 is 5.97 Å². The number of carbonyl (C=O) groups excluding carboxylic acids is 1. The number of pyridine rings is 1. The van der Waals surface area contributed by atoms with Gasteiger partial charge in [0.15, 0.2) is 0 Å². The molecule has 0 radical (unpaired) electrons. The molecule has 0 unspecified atom stereocenters. The van der Waals surface area contributed by atoms with Crippen molar-refractivity contribution in [3.8, 4) is 0 Å². The molecule has 0 aliphatic heterocycles. The van der Waals surface area contributed by atoms with Gasteiger partial charge in [-0.1, -0.05) is 17.7 Å². The number of anilines is 2. The van der Waals surface area contributed by atoms with Gasteiger partial charge in [0, 0.05) is 17.4 Å². The van der Waals surface area contributed by atoms with Crippen molar-refractivity contribution in [2.45, 2.75) is 20.8 Å². The molecular formula is C15H15N2O2-. The van der Waals surface area contributed by atoms with Gasteiger partial charge < -0.3 is 15.2 Å². The lowest BCUT2D eigenvalue weighted by Gasteiger charge is -2.16. The fraction of sp³-hybridized carbons (Fsp3) is 0.200. The topological polar surface area (TPSA) is 65.0 Å². The van der Waals surface area contributed by atoms with Gasteiger partial charge in [0.25, 0.3) is 0 Å². The van der Waals surface area contributed by atoms with Crippen molar-refractivity contribution in [3.05, 3.63) is 52.7 Å².